The van der Waals surface area contributed by atoms with Gasteiger partial charge in [0, 0.05) is 12.2 Å². The predicted molar refractivity (Wildman–Crippen MR) is 79.8 cm³/mol. The molecule has 108 valence electrons. The standard InChI is InChI=1S/C17H23NO2/c19-17(20)16(13-6-1-2-7-13)14-10-9-12-5-3-4-8-15(12)18-11-14/h3-5,8,13-14,16,18H,1-2,6-7,9-11H2,(H,19,20). The highest BCUT2D eigenvalue weighted by molar-refractivity contribution is 5.71. The van der Waals surface area contributed by atoms with E-state index in [1.165, 1.54) is 24.1 Å². The van der Waals surface area contributed by atoms with Crippen LogP contribution >= 0.6 is 0 Å². The molecule has 20 heavy (non-hydrogen) atoms. The summed E-state index contributed by atoms with van der Waals surface area (Å²) >= 11 is 0. The van der Waals surface area contributed by atoms with Gasteiger partial charge in [0.25, 0.3) is 0 Å². The van der Waals surface area contributed by atoms with Crippen molar-refractivity contribution in [2.24, 2.45) is 17.8 Å². The van der Waals surface area contributed by atoms with Gasteiger partial charge in [0.05, 0.1) is 5.92 Å². The predicted octanol–water partition coefficient (Wildman–Crippen LogP) is 3.55. The van der Waals surface area contributed by atoms with E-state index in [4.69, 9.17) is 0 Å². The second kappa shape index (κ2) is 5.86. The number of aliphatic carboxylic acids is 1. The summed E-state index contributed by atoms with van der Waals surface area (Å²) in [5.41, 5.74) is 2.51. The summed E-state index contributed by atoms with van der Waals surface area (Å²) in [6, 6.07) is 8.35. The lowest BCUT2D eigenvalue weighted by Crippen LogP contribution is -2.33. The first-order valence-electron chi connectivity index (χ1n) is 7.80. The highest BCUT2D eigenvalue weighted by Gasteiger charge is 2.37. The number of benzene rings is 1. The molecule has 1 aliphatic heterocycles. The first kappa shape index (κ1) is 13.5. The molecule has 1 aromatic carbocycles. The fourth-order valence-electron chi connectivity index (χ4n) is 4.01. The van der Waals surface area contributed by atoms with Gasteiger partial charge in [-0.1, -0.05) is 31.0 Å². The first-order chi connectivity index (χ1) is 9.75. The SMILES string of the molecule is O=C(O)C(C1CCCC1)C1CCc2ccccc2NC1. The maximum absolute atomic E-state index is 11.7. The molecule has 3 heteroatoms. The molecule has 0 spiro atoms. The van der Waals surface area contributed by atoms with Crippen LogP contribution in [-0.4, -0.2) is 17.6 Å². The summed E-state index contributed by atoms with van der Waals surface area (Å²) in [5, 5.41) is 13.1. The fourth-order valence-corrected chi connectivity index (χ4v) is 4.01. The molecular weight excluding hydrogens is 250 g/mol. The molecule has 2 aliphatic rings. The Morgan fingerprint density at radius 2 is 1.90 bits per heavy atom. The zero-order valence-electron chi connectivity index (χ0n) is 11.8. The molecule has 2 unspecified atom stereocenters. The minimum absolute atomic E-state index is 0.167. The van der Waals surface area contributed by atoms with Crippen molar-refractivity contribution < 1.29 is 9.90 Å². The number of carboxylic acid groups (broad SMARTS) is 1. The zero-order chi connectivity index (χ0) is 13.9. The van der Waals surface area contributed by atoms with Crippen molar-refractivity contribution in [1.29, 1.82) is 0 Å². The largest absolute Gasteiger partial charge is 0.481 e. The number of anilines is 1. The van der Waals surface area contributed by atoms with Gasteiger partial charge >= 0.3 is 5.97 Å². The number of rotatable bonds is 3. The summed E-state index contributed by atoms with van der Waals surface area (Å²) in [6.45, 7) is 0.796. The lowest BCUT2D eigenvalue weighted by molar-refractivity contribution is -0.146. The fraction of sp³-hybridized carbons (Fsp3) is 0.588. The van der Waals surface area contributed by atoms with Crippen molar-refractivity contribution in [3.63, 3.8) is 0 Å². The number of aryl methyl sites for hydroxylation is 1. The molecule has 0 amide bonds. The van der Waals surface area contributed by atoms with Gasteiger partial charge in [0.2, 0.25) is 0 Å². The summed E-state index contributed by atoms with van der Waals surface area (Å²) in [6.07, 6.45) is 6.58. The minimum Gasteiger partial charge on any atom is -0.481 e. The quantitative estimate of drug-likeness (QED) is 0.885. The Morgan fingerprint density at radius 3 is 2.65 bits per heavy atom. The van der Waals surface area contributed by atoms with E-state index in [2.05, 4.69) is 23.5 Å². The van der Waals surface area contributed by atoms with Crippen LogP contribution in [0.15, 0.2) is 24.3 Å². The molecule has 3 rings (SSSR count). The lowest BCUT2D eigenvalue weighted by Gasteiger charge is -2.27. The van der Waals surface area contributed by atoms with Gasteiger partial charge in [-0.2, -0.15) is 0 Å². The normalized spacial score (nSPS) is 24.5. The lowest BCUT2D eigenvalue weighted by atomic mass is 9.78. The van der Waals surface area contributed by atoms with Crippen LogP contribution in [0.3, 0.4) is 0 Å². The van der Waals surface area contributed by atoms with Crippen molar-refractivity contribution >= 4 is 11.7 Å². The number of fused-ring (bicyclic) bond motifs is 1. The number of carbonyl (C=O) groups is 1. The van der Waals surface area contributed by atoms with Crippen molar-refractivity contribution in [1.82, 2.24) is 0 Å². The Kier molecular flexibility index (Phi) is 3.95. The molecule has 3 nitrogen and oxygen atoms in total. The van der Waals surface area contributed by atoms with Gasteiger partial charge in [-0.3, -0.25) is 4.79 Å². The average Bonchev–Trinajstić information content (AvgIpc) is 2.87. The monoisotopic (exact) mass is 273 g/mol. The molecule has 1 saturated carbocycles. The van der Waals surface area contributed by atoms with Crippen LogP contribution in [0.25, 0.3) is 0 Å². The Hall–Kier alpha value is -1.51. The Labute approximate surface area is 120 Å². The third kappa shape index (κ3) is 2.67. The van der Waals surface area contributed by atoms with Crippen molar-refractivity contribution in [2.45, 2.75) is 38.5 Å². The zero-order valence-corrected chi connectivity index (χ0v) is 11.8. The van der Waals surface area contributed by atoms with Gasteiger partial charge < -0.3 is 10.4 Å². The molecule has 2 atom stereocenters. The van der Waals surface area contributed by atoms with Crippen molar-refractivity contribution in [2.75, 3.05) is 11.9 Å². The van der Waals surface area contributed by atoms with Crippen LogP contribution in [0.2, 0.25) is 0 Å². The van der Waals surface area contributed by atoms with E-state index in [-0.39, 0.29) is 11.8 Å². The van der Waals surface area contributed by atoms with E-state index < -0.39 is 5.97 Å². The molecule has 1 heterocycles. The second-order valence-corrected chi connectivity index (χ2v) is 6.25. The molecule has 0 bridgehead atoms. The summed E-state index contributed by atoms with van der Waals surface area (Å²) in [5.74, 6) is -0.113. The van der Waals surface area contributed by atoms with Crippen molar-refractivity contribution in [3.8, 4) is 0 Å². The third-order valence-corrected chi connectivity index (χ3v) is 5.06. The van der Waals surface area contributed by atoms with Gasteiger partial charge in [0.1, 0.15) is 0 Å². The van der Waals surface area contributed by atoms with Gasteiger partial charge in [-0.05, 0) is 49.1 Å². The second-order valence-electron chi connectivity index (χ2n) is 6.25. The molecule has 0 radical (unpaired) electrons. The van der Waals surface area contributed by atoms with Crippen LogP contribution in [0.1, 0.15) is 37.7 Å². The van der Waals surface area contributed by atoms with Crippen LogP contribution in [-0.2, 0) is 11.2 Å². The van der Waals surface area contributed by atoms with E-state index in [0.29, 0.717) is 5.92 Å². The Balaban J connectivity index is 1.75. The molecule has 1 aromatic rings. The molecule has 2 N–H and O–H groups in total. The highest BCUT2D eigenvalue weighted by atomic mass is 16.4. The third-order valence-electron chi connectivity index (χ3n) is 5.06. The summed E-state index contributed by atoms with van der Waals surface area (Å²) in [7, 11) is 0. The number of carboxylic acids is 1. The minimum atomic E-state index is -0.588. The summed E-state index contributed by atoms with van der Waals surface area (Å²) < 4.78 is 0. The molecule has 0 saturated heterocycles. The van der Waals surface area contributed by atoms with E-state index in [1.54, 1.807) is 0 Å². The van der Waals surface area contributed by atoms with E-state index in [0.717, 1.165) is 32.2 Å². The Bertz CT molecular complexity index is 453. The van der Waals surface area contributed by atoms with Gasteiger partial charge in [-0.15, -0.1) is 0 Å². The van der Waals surface area contributed by atoms with Crippen LogP contribution in [0.5, 0.6) is 0 Å². The van der Waals surface area contributed by atoms with E-state index in [9.17, 15) is 9.90 Å². The van der Waals surface area contributed by atoms with Gasteiger partial charge in [-0.25, -0.2) is 0 Å². The van der Waals surface area contributed by atoms with Crippen LogP contribution in [0, 0.1) is 17.8 Å². The average molecular weight is 273 g/mol. The summed E-state index contributed by atoms with van der Waals surface area (Å²) in [4.78, 5) is 11.7. The number of nitrogens with one attached hydrogen (secondary N) is 1. The van der Waals surface area contributed by atoms with Crippen LogP contribution in [0.4, 0.5) is 5.69 Å². The number of hydrogen-bond donors (Lipinski definition) is 2. The smallest absolute Gasteiger partial charge is 0.307 e. The van der Waals surface area contributed by atoms with E-state index >= 15 is 0 Å². The highest BCUT2D eigenvalue weighted by Crippen LogP contribution is 2.38. The molecule has 1 fully saturated rings. The molecular formula is C17H23NO2. The number of para-hydroxylation sites is 1. The first-order valence-corrected chi connectivity index (χ1v) is 7.80. The van der Waals surface area contributed by atoms with E-state index in [1.807, 2.05) is 6.07 Å². The topological polar surface area (TPSA) is 49.3 Å². The van der Waals surface area contributed by atoms with Crippen molar-refractivity contribution in [3.05, 3.63) is 29.8 Å². The maximum atomic E-state index is 11.7. The van der Waals surface area contributed by atoms with Gasteiger partial charge in [0.15, 0.2) is 0 Å². The maximum Gasteiger partial charge on any atom is 0.307 e. The molecule has 0 aromatic heterocycles. The van der Waals surface area contributed by atoms with Crippen LogP contribution < -0.4 is 5.32 Å². The molecule has 1 aliphatic carbocycles. The Morgan fingerprint density at radius 1 is 1.15 bits per heavy atom. The number of hydrogen-bond acceptors (Lipinski definition) is 2.